The van der Waals surface area contributed by atoms with Gasteiger partial charge < -0.3 is 9.97 Å². The van der Waals surface area contributed by atoms with Crippen molar-refractivity contribution in [1.29, 1.82) is 0 Å². The van der Waals surface area contributed by atoms with Gasteiger partial charge in [-0.05, 0) is 15.9 Å². The Morgan fingerprint density at radius 1 is 1.29 bits per heavy atom. The molecule has 2 N–H and O–H groups in total. The highest BCUT2D eigenvalue weighted by Crippen LogP contribution is 2.25. The number of nitrogens with zero attached hydrogens (tertiary/aromatic N) is 1. The maximum absolute atomic E-state index is 11.0. The average Bonchev–Trinajstić information content (AvgIpc) is 2.15. The van der Waals surface area contributed by atoms with Crippen molar-refractivity contribution in [3.63, 3.8) is 0 Å². The number of hydrogen-bond donors (Lipinski definition) is 2. The minimum atomic E-state index is -0.751. The van der Waals surface area contributed by atoms with Crippen LogP contribution in [0.25, 0.3) is 11.2 Å². The number of halogens is 2. The van der Waals surface area contributed by atoms with Gasteiger partial charge in [0, 0.05) is 6.20 Å². The van der Waals surface area contributed by atoms with Gasteiger partial charge in [0.15, 0.2) is 5.65 Å². The summed E-state index contributed by atoms with van der Waals surface area (Å²) in [6.07, 6.45) is 1.44. The van der Waals surface area contributed by atoms with E-state index in [9.17, 15) is 9.59 Å². The third-order valence-corrected chi connectivity index (χ3v) is 2.87. The second-order valence-electron chi connectivity index (χ2n) is 2.55. The van der Waals surface area contributed by atoms with Crippen molar-refractivity contribution in [2.24, 2.45) is 0 Å². The maximum Gasteiger partial charge on any atom is 0.315 e. The zero-order chi connectivity index (χ0) is 10.3. The van der Waals surface area contributed by atoms with E-state index >= 15 is 0 Å². The summed E-state index contributed by atoms with van der Waals surface area (Å²) >= 11 is 9.02. The molecule has 72 valence electrons. The van der Waals surface area contributed by atoms with E-state index in [4.69, 9.17) is 11.6 Å². The SMILES string of the molecule is O=c1[nH]c2ncc(Br)c(Cl)c2[nH]c1=O. The monoisotopic (exact) mass is 275 g/mol. The fourth-order valence-corrected chi connectivity index (χ4v) is 1.50. The minimum Gasteiger partial charge on any atom is -0.313 e. The lowest BCUT2D eigenvalue weighted by Gasteiger charge is -1.99. The molecule has 0 radical (unpaired) electrons. The summed E-state index contributed by atoms with van der Waals surface area (Å²) in [5.74, 6) is 0. The molecule has 0 spiro atoms. The predicted molar refractivity (Wildman–Crippen MR) is 55.7 cm³/mol. The van der Waals surface area contributed by atoms with Gasteiger partial charge in [0.25, 0.3) is 0 Å². The molecule has 2 aromatic heterocycles. The second kappa shape index (κ2) is 3.21. The van der Waals surface area contributed by atoms with Crippen molar-refractivity contribution in [2.75, 3.05) is 0 Å². The van der Waals surface area contributed by atoms with Gasteiger partial charge in [-0.1, -0.05) is 11.6 Å². The van der Waals surface area contributed by atoms with E-state index in [1.807, 2.05) is 0 Å². The van der Waals surface area contributed by atoms with Crippen molar-refractivity contribution in [2.45, 2.75) is 0 Å². The van der Waals surface area contributed by atoms with Crippen LogP contribution in [0.2, 0.25) is 5.02 Å². The number of aromatic amines is 2. The van der Waals surface area contributed by atoms with Crippen LogP contribution in [-0.2, 0) is 0 Å². The standard InChI is InChI=1S/C7H3BrClN3O2/c8-2-1-10-5-4(3(2)9)11-6(13)7(14)12-5/h1H,(H,11,13)(H,10,12,14). The molecule has 2 heterocycles. The summed E-state index contributed by atoms with van der Waals surface area (Å²) in [7, 11) is 0. The van der Waals surface area contributed by atoms with Gasteiger partial charge in [0.2, 0.25) is 0 Å². The summed E-state index contributed by atoms with van der Waals surface area (Å²) in [4.78, 5) is 30.5. The smallest absolute Gasteiger partial charge is 0.313 e. The van der Waals surface area contributed by atoms with Crippen LogP contribution in [0.15, 0.2) is 20.3 Å². The molecule has 0 aromatic carbocycles. The molecule has 0 saturated heterocycles. The van der Waals surface area contributed by atoms with Crippen molar-refractivity contribution in [3.8, 4) is 0 Å². The van der Waals surface area contributed by atoms with E-state index in [0.29, 0.717) is 15.0 Å². The number of hydrogen-bond acceptors (Lipinski definition) is 3. The third-order valence-electron chi connectivity index (χ3n) is 1.65. The highest BCUT2D eigenvalue weighted by molar-refractivity contribution is 9.10. The van der Waals surface area contributed by atoms with Gasteiger partial charge in [-0.3, -0.25) is 9.59 Å². The van der Waals surface area contributed by atoms with E-state index in [1.165, 1.54) is 6.20 Å². The normalized spacial score (nSPS) is 10.7. The first-order chi connectivity index (χ1) is 6.59. The fraction of sp³-hybridized carbons (Fsp3) is 0. The Kier molecular flexibility index (Phi) is 2.16. The van der Waals surface area contributed by atoms with E-state index in [-0.39, 0.29) is 5.65 Å². The molecule has 14 heavy (non-hydrogen) atoms. The summed E-state index contributed by atoms with van der Waals surface area (Å²) in [5, 5.41) is 0.309. The molecule has 0 saturated carbocycles. The molecule has 0 atom stereocenters. The minimum absolute atomic E-state index is 0.253. The average molecular weight is 276 g/mol. The first kappa shape index (κ1) is 9.42. The Hall–Kier alpha value is -1.14. The summed E-state index contributed by atoms with van der Waals surface area (Å²) in [5.41, 5.74) is -0.934. The lowest BCUT2D eigenvalue weighted by molar-refractivity contribution is 1.11. The van der Waals surface area contributed by atoms with Crippen LogP contribution >= 0.6 is 27.5 Å². The molecule has 5 nitrogen and oxygen atoms in total. The van der Waals surface area contributed by atoms with Gasteiger partial charge in [-0.15, -0.1) is 0 Å². The zero-order valence-corrected chi connectivity index (χ0v) is 8.94. The van der Waals surface area contributed by atoms with Crippen molar-refractivity contribution in [1.82, 2.24) is 15.0 Å². The molecule has 0 unspecified atom stereocenters. The highest BCUT2D eigenvalue weighted by Gasteiger charge is 2.07. The number of aromatic nitrogens is 3. The molecule has 0 aliphatic rings. The molecule has 2 aromatic rings. The quantitative estimate of drug-likeness (QED) is 0.705. The van der Waals surface area contributed by atoms with Crippen molar-refractivity contribution >= 4 is 38.7 Å². The maximum atomic E-state index is 11.0. The Labute approximate surface area is 90.3 Å². The number of rotatable bonds is 0. The van der Waals surface area contributed by atoms with Gasteiger partial charge in [0.1, 0.15) is 5.52 Å². The van der Waals surface area contributed by atoms with Crippen molar-refractivity contribution in [3.05, 3.63) is 36.4 Å². The molecular weight excluding hydrogens is 273 g/mol. The summed E-state index contributed by atoms with van der Waals surface area (Å²) in [6.45, 7) is 0. The van der Waals surface area contributed by atoms with Crippen LogP contribution in [0.4, 0.5) is 0 Å². The molecule has 0 fully saturated rings. The third kappa shape index (κ3) is 1.36. The van der Waals surface area contributed by atoms with Crippen LogP contribution < -0.4 is 11.1 Å². The summed E-state index contributed by atoms with van der Waals surface area (Å²) < 4.78 is 0.550. The van der Waals surface area contributed by atoms with Gasteiger partial charge in [-0.25, -0.2) is 4.98 Å². The number of nitrogens with one attached hydrogen (secondary N) is 2. The van der Waals surface area contributed by atoms with Gasteiger partial charge >= 0.3 is 11.1 Å². The molecule has 0 aliphatic heterocycles. The van der Waals surface area contributed by atoms with Crippen LogP contribution in [0.1, 0.15) is 0 Å². The molecule has 7 heteroatoms. The van der Waals surface area contributed by atoms with Crippen LogP contribution in [0.3, 0.4) is 0 Å². The molecule has 2 rings (SSSR count). The zero-order valence-electron chi connectivity index (χ0n) is 6.60. The fourth-order valence-electron chi connectivity index (χ4n) is 1.01. The lowest BCUT2D eigenvalue weighted by atomic mass is 10.4. The molecule has 0 amide bonds. The van der Waals surface area contributed by atoms with Crippen LogP contribution in [0.5, 0.6) is 0 Å². The summed E-state index contributed by atoms with van der Waals surface area (Å²) in [6, 6.07) is 0. The molecule has 0 bridgehead atoms. The van der Waals surface area contributed by atoms with Crippen LogP contribution in [-0.4, -0.2) is 15.0 Å². The van der Waals surface area contributed by atoms with Gasteiger partial charge in [-0.2, -0.15) is 0 Å². The topological polar surface area (TPSA) is 78.6 Å². The Morgan fingerprint density at radius 2 is 1.93 bits per heavy atom. The van der Waals surface area contributed by atoms with E-state index < -0.39 is 11.1 Å². The number of pyridine rings is 1. The molecular formula is C7H3BrClN3O2. The van der Waals surface area contributed by atoms with Crippen LogP contribution in [0, 0.1) is 0 Å². The Bertz CT molecular complexity index is 618. The second-order valence-corrected chi connectivity index (χ2v) is 3.78. The van der Waals surface area contributed by atoms with Crippen molar-refractivity contribution < 1.29 is 0 Å². The largest absolute Gasteiger partial charge is 0.315 e. The number of H-pyrrole nitrogens is 2. The predicted octanol–water partition coefficient (Wildman–Crippen LogP) is 1.03. The highest BCUT2D eigenvalue weighted by atomic mass is 79.9. The first-order valence-corrected chi connectivity index (χ1v) is 4.73. The first-order valence-electron chi connectivity index (χ1n) is 3.56. The number of fused-ring (bicyclic) bond motifs is 1. The molecule has 0 aliphatic carbocycles. The Balaban J connectivity index is 3.04. The lowest BCUT2D eigenvalue weighted by Crippen LogP contribution is -2.29. The Morgan fingerprint density at radius 3 is 2.64 bits per heavy atom. The van der Waals surface area contributed by atoms with Gasteiger partial charge in [0.05, 0.1) is 9.50 Å². The van der Waals surface area contributed by atoms with E-state index in [2.05, 4.69) is 30.9 Å². The van der Waals surface area contributed by atoms with E-state index in [1.54, 1.807) is 0 Å². The van der Waals surface area contributed by atoms with E-state index in [0.717, 1.165) is 0 Å².